The van der Waals surface area contributed by atoms with E-state index in [1.54, 1.807) is 37.3 Å². The highest BCUT2D eigenvalue weighted by molar-refractivity contribution is 6.00. The molecule has 0 unspecified atom stereocenters. The second kappa shape index (κ2) is 5.88. The summed E-state index contributed by atoms with van der Waals surface area (Å²) < 4.78 is 4.79. The number of nitrogens with one attached hydrogen (secondary N) is 1. The predicted octanol–water partition coefficient (Wildman–Crippen LogP) is 1.69. The fourth-order valence-electron chi connectivity index (χ4n) is 1.65. The molecule has 1 aromatic carbocycles. The molecule has 0 radical (unpaired) electrons. The molecule has 3 N–H and O–H groups in total. The molecule has 5 heteroatoms. The molecule has 1 aliphatic rings. The summed E-state index contributed by atoms with van der Waals surface area (Å²) in [6.07, 6.45) is 4.50. The summed E-state index contributed by atoms with van der Waals surface area (Å²) in [7, 11) is 0. The van der Waals surface area contributed by atoms with Gasteiger partial charge in [-0.3, -0.25) is 4.79 Å². The molecule has 106 valence electrons. The van der Waals surface area contributed by atoms with Crippen LogP contribution in [0.2, 0.25) is 0 Å². The van der Waals surface area contributed by atoms with Crippen LogP contribution in [0.4, 0.5) is 5.69 Å². The minimum absolute atomic E-state index is 0.146. The molecule has 1 fully saturated rings. The number of nitrogens with two attached hydrogens (primary N) is 1. The van der Waals surface area contributed by atoms with E-state index in [9.17, 15) is 9.59 Å². The van der Waals surface area contributed by atoms with Gasteiger partial charge in [-0.05, 0) is 43.5 Å². The molecule has 20 heavy (non-hydrogen) atoms. The molecular formula is C15H18N2O3. The third-order valence-corrected chi connectivity index (χ3v) is 3.11. The smallest absolute Gasteiger partial charge is 0.330 e. The molecule has 0 aromatic heterocycles. The molecule has 5 nitrogen and oxygen atoms in total. The Morgan fingerprint density at radius 2 is 2.00 bits per heavy atom. The van der Waals surface area contributed by atoms with Crippen molar-refractivity contribution in [3.05, 3.63) is 35.9 Å². The largest absolute Gasteiger partial charge is 0.463 e. The maximum atomic E-state index is 11.8. The minimum Gasteiger partial charge on any atom is -0.463 e. The predicted molar refractivity (Wildman–Crippen MR) is 76.9 cm³/mol. The number of carbonyl (C=O) groups is 2. The first-order valence-electron chi connectivity index (χ1n) is 6.59. The van der Waals surface area contributed by atoms with Crippen LogP contribution in [0.25, 0.3) is 6.08 Å². The van der Waals surface area contributed by atoms with Crippen molar-refractivity contribution < 1.29 is 14.3 Å². The Balaban J connectivity index is 1.92. The molecule has 1 aliphatic carbocycles. The molecule has 0 spiro atoms. The van der Waals surface area contributed by atoms with Gasteiger partial charge >= 0.3 is 5.97 Å². The summed E-state index contributed by atoms with van der Waals surface area (Å²) in [5.41, 5.74) is 6.67. The second-order valence-corrected chi connectivity index (χ2v) is 4.82. The standard InChI is InChI=1S/C15H18N2O3/c1-2-20-13(18)8-5-11-3-6-12(7-4-11)17-14(19)15(16)9-10-15/h3-8H,2,9-10,16H2,1H3,(H,17,19). The molecule has 0 heterocycles. The van der Waals surface area contributed by atoms with Gasteiger partial charge in [0.15, 0.2) is 0 Å². The van der Waals surface area contributed by atoms with Gasteiger partial charge in [-0.15, -0.1) is 0 Å². The summed E-state index contributed by atoms with van der Waals surface area (Å²) in [4.78, 5) is 22.9. The molecule has 0 aliphatic heterocycles. The van der Waals surface area contributed by atoms with Crippen LogP contribution in [0.15, 0.2) is 30.3 Å². The van der Waals surface area contributed by atoms with Gasteiger partial charge in [0.05, 0.1) is 12.1 Å². The lowest BCUT2D eigenvalue weighted by Gasteiger charge is -2.09. The molecule has 0 atom stereocenters. The number of anilines is 1. The highest BCUT2D eigenvalue weighted by Crippen LogP contribution is 2.33. The second-order valence-electron chi connectivity index (χ2n) is 4.82. The number of carbonyl (C=O) groups excluding carboxylic acids is 2. The number of rotatable bonds is 5. The lowest BCUT2D eigenvalue weighted by molar-refractivity contribution is -0.137. The van der Waals surface area contributed by atoms with Gasteiger partial charge in [0.1, 0.15) is 0 Å². The quantitative estimate of drug-likeness (QED) is 0.632. The fraction of sp³-hybridized carbons (Fsp3) is 0.333. The highest BCUT2D eigenvalue weighted by atomic mass is 16.5. The van der Waals surface area contributed by atoms with Crippen molar-refractivity contribution in [1.29, 1.82) is 0 Å². The summed E-state index contributed by atoms with van der Waals surface area (Å²) in [5, 5.41) is 2.78. The number of benzene rings is 1. The molecule has 0 bridgehead atoms. The summed E-state index contributed by atoms with van der Waals surface area (Å²) in [6, 6.07) is 7.16. The Morgan fingerprint density at radius 3 is 2.55 bits per heavy atom. The number of hydrogen-bond acceptors (Lipinski definition) is 4. The average Bonchev–Trinajstić information content (AvgIpc) is 3.18. The topological polar surface area (TPSA) is 81.4 Å². The van der Waals surface area contributed by atoms with Gasteiger partial charge in [-0.1, -0.05) is 12.1 Å². The Morgan fingerprint density at radius 1 is 1.35 bits per heavy atom. The maximum Gasteiger partial charge on any atom is 0.330 e. The van der Waals surface area contributed by atoms with Gasteiger partial charge in [0, 0.05) is 11.8 Å². The SMILES string of the molecule is CCOC(=O)C=Cc1ccc(NC(=O)C2(N)CC2)cc1. The molecule has 1 saturated carbocycles. The van der Waals surface area contributed by atoms with E-state index < -0.39 is 5.54 Å². The van der Waals surface area contributed by atoms with E-state index in [-0.39, 0.29) is 11.9 Å². The van der Waals surface area contributed by atoms with Crippen LogP contribution in [0.1, 0.15) is 25.3 Å². The van der Waals surface area contributed by atoms with Crippen LogP contribution < -0.4 is 11.1 Å². The van der Waals surface area contributed by atoms with Gasteiger partial charge < -0.3 is 15.8 Å². The van der Waals surface area contributed by atoms with Crippen LogP contribution >= 0.6 is 0 Å². The minimum atomic E-state index is -0.678. The van der Waals surface area contributed by atoms with Crippen LogP contribution in [0.5, 0.6) is 0 Å². The monoisotopic (exact) mass is 274 g/mol. The first-order chi connectivity index (χ1) is 9.53. The van der Waals surface area contributed by atoms with E-state index in [0.29, 0.717) is 12.3 Å². The van der Waals surface area contributed by atoms with Crippen molar-refractivity contribution in [2.24, 2.45) is 5.73 Å². The first-order valence-corrected chi connectivity index (χ1v) is 6.59. The normalized spacial score (nSPS) is 15.9. The number of hydrogen-bond donors (Lipinski definition) is 2. The third-order valence-electron chi connectivity index (χ3n) is 3.11. The van der Waals surface area contributed by atoms with Crippen molar-refractivity contribution in [3.8, 4) is 0 Å². The van der Waals surface area contributed by atoms with Crippen molar-refractivity contribution >= 4 is 23.6 Å². The van der Waals surface area contributed by atoms with Crippen LogP contribution in [-0.4, -0.2) is 24.0 Å². The van der Waals surface area contributed by atoms with Crippen LogP contribution in [-0.2, 0) is 14.3 Å². The van der Waals surface area contributed by atoms with Crippen LogP contribution in [0, 0.1) is 0 Å². The molecule has 1 aromatic rings. The number of esters is 1. The lowest BCUT2D eigenvalue weighted by Crippen LogP contribution is -2.37. The average molecular weight is 274 g/mol. The first kappa shape index (κ1) is 14.3. The van der Waals surface area contributed by atoms with Crippen molar-refractivity contribution in [1.82, 2.24) is 0 Å². The zero-order chi connectivity index (χ0) is 14.6. The molecule has 1 amide bonds. The van der Waals surface area contributed by atoms with E-state index in [1.807, 2.05) is 0 Å². The van der Waals surface area contributed by atoms with E-state index in [0.717, 1.165) is 18.4 Å². The highest BCUT2D eigenvalue weighted by Gasteiger charge is 2.45. The molecule has 2 rings (SSSR count). The zero-order valence-electron chi connectivity index (χ0n) is 11.4. The summed E-state index contributed by atoms with van der Waals surface area (Å²) in [6.45, 7) is 2.11. The summed E-state index contributed by atoms with van der Waals surface area (Å²) >= 11 is 0. The van der Waals surface area contributed by atoms with Gasteiger partial charge in [0.2, 0.25) is 5.91 Å². The van der Waals surface area contributed by atoms with Crippen molar-refractivity contribution in [3.63, 3.8) is 0 Å². The Hall–Kier alpha value is -2.14. The fourth-order valence-corrected chi connectivity index (χ4v) is 1.65. The number of amides is 1. The van der Waals surface area contributed by atoms with E-state index in [4.69, 9.17) is 10.5 Å². The van der Waals surface area contributed by atoms with E-state index in [1.165, 1.54) is 6.08 Å². The summed E-state index contributed by atoms with van der Waals surface area (Å²) in [5.74, 6) is -0.518. The van der Waals surface area contributed by atoms with Gasteiger partial charge in [0.25, 0.3) is 0 Å². The number of ether oxygens (including phenoxy) is 1. The Labute approximate surface area is 117 Å². The Kier molecular flexibility index (Phi) is 4.20. The molecule has 0 saturated heterocycles. The Bertz CT molecular complexity index is 531. The van der Waals surface area contributed by atoms with Crippen molar-refractivity contribution in [2.45, 2.75) is 25.3 Å². The van der Waals surface area contributed by atoms with E-state index in [2.05, 4.69) is 5.32 Å². The zero-order valence-corrected chi connectivity index (χ0v) is 11.4. The van der Waals surface area contributed by atoms with Crippen molar-refractivity contribution in [2.75, 3.05) is 11.9 Å². The van der Waals surface area contributed by atoms with Gasteiger partial charge in [-0.2, -0.15) is 0 Å². The van der Waals surface area contributed by atoms with Gasteiger partial charge in [-0.25, -0.2) is 4.79 Å². The molecular weight excluding hydrogens is 256 g/mol. The maximum absolute atomic E-state index is 11.8. The lowest BCUT2D eigenvalue weighted by atomic mass is 10.2. The third kappa shape index (κ3) is 3.68. The van der Waals surface area contributed by atoms with E-state index >= 15 is 0 Å². The van der Waals surface area contributed by atoms with Crippen LogP contribution in [0.3, 0.4) is 0 Å².